The molecule has 93 heavy (non-hydrogen) atoms. The molecule has 6 aromatic rings. The highest BCUT2D eigenvalue weighted by Crippen LogP contribution is 2.29. The van der Waals surface area contributed by atoms with Crippen LogP contribution in [0.5, 0.6) is 0 Å². The van der Waals surface area contributed by atoms with Gasteiger partial charge in [0.05, 0.1) is 0 Å². The van der Waals surface area contributed by atoms with Crippen molar-refractivity contribution in [1.82, 2.24) is 25.8 Å². The van der Waals surface area contributed by atoms with Gasteiger partial charge in [-0.3, -0.25) is 38.4 Å². The van der Waals surface area contributed by atoms with E-state index < -0.39 is 65.2 Å². The van der Waals surface area contributed by atoms with Crippen LogP contribution in [-0.2, 0) is 59.4 Å². The molecule has 18 nitrogen and oxygen atoms in total. The van der Waals surface area contributed by atoms with E-state index in [1.807, 2.05) is 62.4 Å². The lowest BCUT2D eigenvalue weighted by Gasteiger charge is -2.37. The van der Waals surface area contributed by atoms with Crippen LogP contribution in [0.15, 0.2) is 133 Å². The van der Waals surface area contributed by atoms with Crippen molar-refractivity contribution in [2.24, 2.45) is 5.73 Å². The van der Waals surface area contributed by atoms with Crippen LogP contribution in [0.4, 0.5) is 25.0 Å². The van der Waals surface area contributed by atoms with Gasteiger partial charge in [0.2, 0.25) is 35.4 Å². The monoisotopic (exact) mass is 1310 g/mol. The number of Topliss-reactive ketones (excluding diaryl/α,β-unsaturated/α-hetero) is 2. The van der Waals surface area contributed by atoms with Gasteiger partial charge in [-0.25, -0.2) is 13.6 Å². The van der Waals surface area contributed by atoms with Gasteiger partial charge in [0.25, 0.3) is 0 Å². The number of anilines is 2. The highest BCUT2D eigenvalue weighted by molar-refractivity contribution is 6.31. The summed E-state index contributed by atoms with van der Waals surface area (Å²) < 4.78 is 31.9. The molecule has 0 saturated heterocycles. The van der Waals surface area contributed by atoms with Crippen molar-refractivity contribution in [2.45, 2.75) is 155 Å². The average Bonchev–Trinajstić information content (AvgIpc) is 0.862. The summed E-state index contributed by atoms with van der Waals surface area (Å²) in [5.41, 5.74) is 11.9. The third-order valence-electron chi connectivity index (χ3n) is 15.9. The van der Waals surface area contributed by atoms with Crippen molar-refractivity contribution >= 4 is 87.7 Å². The molecule has 0 spiro atoms. The lowest BCUT2D eigenvalue weighted by atomic mass is 9.92. The molecule has 2 heterocycles. The lowest BCUT2D eigenvalue weighted by Crippen LogP contribution is -2.56. The number of benzene rings is 6. The number of fused-ring (bicyclic) bond motifs is 2. The third kappa shape index (κ3) is 21.6. The van der Waals surface area contributed by atoms with Crippen LogP contribution in [-0.4, -0.2) is 106 Å². The predicted molar refractivity (Wildman–Crippen MR) is 353 cm³/mol. The molecular formula is C71H80Cl2F2N8O10. The fourth-order valence-electron chi connectivity index (χ4n) is 10.8. The largest absolute Gasteiger partial charge is 0.444 e. The number of nitrogens with two attached hydrogens (primary N) is 1. The number of hydrogen-bond acceptors (Lipinski definition) is 11. The zero-order chi connectivity index (χ0) is 67.4. The molecule has 8 rings (SSSR count). The third-order valence-corrected chi connectivity index (χ3v) is 16.7. The van der Waals surface area contributed by atoms with E-state index in [1.54, 1.807) is 57.2 Å². The number of unbranched alkanes of at least 4 members (excludes halogenated alkanes) is 2. The highest BCUT2D eigenvalue weighted by atomic mass is 35.5. The molecule has 22 heteroatoms. The first-order valence-electron chi connectivity index (χ1n) is 31.1. The Morgan fingerprint density at radius 1 is 0.548 bits per heavy atom. The molecule has 0 fully saturated rings. The molecule has 492 valence electrons. The van der Waals surface area contributed by atoms with E-state index in [-0.39, 0.29) is 87.3 Å². The Morgan fingerprint density at radius 2 is 0.946 bits per heavy atom. The Kier molecular flexibility index (Phi) is 26.3. The smallest absolute Gasteiger partial charge is 0.407 e. The molecule has 2 unspecified atom stereocenters. The Labute approximate surface area is 551 Å². The maximum absolute atomic E-state index is 14.0. The normalized spacial score (nSPS) is 14.7. The summed E-state index contributed by atoms with van der Waals surface area (Å²) in [4.78, 5) is 122. The van der Waals surface area contributed by atoms with Gasteiger partial charge in [-0.15, -0.1) is 0 Å². The van der Waals surface area contributed by atoms with Crippen LogP contribution in [0.1, 0.15) is 139 Å². The molecular weight excluding hydrogens is 1230 g/mol. The number of rotatable bonds is 25. The van der Waals surface area contributed by atoms with Crippen molar-refractivity contribution < 1.29 is 56.7 Å². The number of nitrogens with zero attached hydrogens (tertiary/aromatic N) is 2. The van der Waals surface area contributed by atoms with E-state index in [0.29, 0.717) is 77.7 Å². The summed E-state index contributed by atoms with van der Waals surface area (Å²) >= 11 is 12.3. The summed E-state index contributed by atoms with van der Waals surface area (Å²) in [6.07, 6.45) is 2.43. The van der Waals surface area contributed by atoms with Crippen LogP contribution >= 0.6 is 23.2 Å². The zero-order valence-corrected chi connectivity index (χ0v) is 54.4. The average molecular weight is 1310 g/mol. The fraction of sp³-hybridized carbons (Fsp3) is 0.366. The summed E-state index contributed by atoms with van der Waals surface area (Å²) in [7, 11) is 0. The topological polar surface area (TPSA) is 256 Å². The van der Waals surface area contributed by atoms with Gasteiger partial charge in [0, 0.05) is 90.7 Å². The molecule has 0 radical (unpaired) electrons. The standard InChI is InChI=1S/C38H44ClFN4O6.C33H36ClFN4O4/c1-24-21-29(16-17-30(24)39)42-35(47)31(11-7-8-20-41-37(49)50-38(2,3)4)43-36(48)32-22-26-9-5-6-10-27(26)23-44(32)34(46)19-18-33(45)25-12-14-28(40)15-13-25;1-21-18-26(13-14-27(21)34)37-32(42)28(8-4-5-17-36)38-33(43)29-19-23-6-2-3-7-24(23)20-39(29)31(41)16-15-30(40)22-9-11-25(35)12-10-22/h5-6,9-10,12-17,21,31-32H,7-8,11,18-20,22-23H2,1-4H3,(H,41,49)(H,42,47)(H,43,48);2-3,6-7,9-14,18,28-29H,4-5,8,15-17,19-20,36H2,1H3,(H,37,42)(H,38,43)/t31-,32?;28-,29?/m00/s1. The Hall–Kier alpha value is -8.85. The number of amides is 7. The second kappa shape index (κ2) is 34.2. The molecule has 0 aromatic heterocycles. The summed E-state index contributed by atoms with van der Waals surface area (Å²) in [5, 5.41) is 15.3. The SMILES string of the molecule is Cc1cc(NC(=O)[C@H](CCCCN)NC(=O)C2Cc3ccccc3CN2C(=O)CCC(=O)c2ccc(F)cc2)ccc1Cl.Cc1cc(NC(=O)[C@H](CCCCNC(=O)OC(C)(C)C)NC(=O)C2Cc3ccccc3CN2C(=O)CCC(=O)c2ccc(F)cc2)ccc1Cl. The molecule has 2 aliphatic heterocycles. The number of nitrogens with one attached hydrogen (secondary N) is 5. The Morgan fingerprint density at radius 3 is 1.33 bits per heavy atom. The highest BCUT2D eigenvalue weighted by Gasteiger charge is 2.38. The molecule has 4 atom stereocenters. The number of ketones is 2. The van der Waals surface area contributed by atoms with Gasteiger partial charge in [-0.05, 0) is 198 Å². The molecule has 2 aliphatic rings. The van der Waals surface area contributed by atoms with Crippen molar-refractivity contribution in [2.75, 3.05) is 23.7 Å². The summed E-state index contributed by atoms with van der Waals surface area (Å²) in [6, 6.07) is 32.0. The predicted octanol–water partition coefficient (Wildman–Crippen LogP) is 11.5. The van der Waals surface area contributed by atoms with E-state index in [1.165, 1.54) is 58.3 Å². The number of carbonyl (C=O) groups is 9. The number of alkyl carbamates (subject to hydrolysis) is 1. The first-order valence-corrected chi connectivity index (χ1v) is 31.8. The Bertz CT molecular complexity index is 3660. The molecule has 7 amide bonds. The van der Waals surface area contributed by atoms with Gasteiger partial charge in [-0.2, -0.15) is 0 Å². The van der Waals surface area contributed by atoms with Crippen LogP contribution in [0.25, 0.3) is 0 Å². The molecule has 0 bridgehead atoms. The van der Waals surface area contributed by atoms with Gasteiger partial charge < -0.3 is 46.9 Å². The second-order valence-corrected chi connectivity index (χ2v) is 24.9. The van der Waals surface area contributed by atoms with Crippen LogP contribution in [0, 0.1) is 25.5 Å². The van der Waals surface area contributed by atoms with E-state index in [4.69, 9.17) is 33.7 Å². The van der Waals surface area contributed by atoms with E-state index in [0.717, 1.165) is 33.4 Å². The Balaban J connectivity index is 0.000000266. The number of hydrogen-bond donors (Lipinski definition) is 6. The van der Waals surface area contributed by atoms with E-state index in [2.05, 4.69) is 26.6 Å². The van der Waals surface area contributed by atoms with Crippen LogP contribution in [0.2, 0.25) is 10.0 Å². The van der Waals surface area contributed by atoms with Crippen LogP contribution in [0.3, 0.4) is 0 Å². The first-order chi connectivity index (χ1) is 44.4. The van der Waals surface area contributed by atoms with E-state index in [9.17, 15) is 51.9 Å². The molecule has 7 N–H and O–H groups in total. The van der Waals surface area contributed by atoms with Crippen molar-refractivity contribution in [1.29, 1.82) is 0 Å². The van der Waals surface area contributed by atoms with E-state index >= 15 is 0 Å². The van der Waals surface area contributed by atoms with Crippen molar-refractivity contribution in [3.63, 3.8) is 0 Å². The lowest BCUT2D eigenvalue weighted by molar-refractivity contribution is -0.142. The summed E-state index contributed by atoms with van der Waals surface area (Å²) in [5.74, 6) is -4.05. The van der Waals surface area contributed by atoms with Crippen LogP contribution < -0.4 is 32.3 Å². The first kappa shape index (κ1) is 71.6. The minimum absolute atomic E-state index is 0.0818. The number of aryl methyl sites for hydroxylation is 2. The quantitative estimate of drug-likeness (QED) is 0.0232. The minimum Gasteiger partial charge on any atom is -0.444 e. The maximum Gasteiger partial charge on any atom is 0.407 e. The van der Waals surface area contributed by atoms with Gasteiger partial charge in [0.15, 0.2) is 11.6 Å². The maximum atomic E-state index is 14.0. The minimum atomic E-state index is -0.964. The second-order valence-electron chi connectivity index (χ2n) is 24.1. The fourth-order valence-corrected chi connectivity index (χ4v) is 11.0. The van der Waals surface area contributed by atoms with Crippen molar-refractivity contribution in [3.05, 3.63) is 200 Å². The van der Waals surface area contributed by atoms with Gasteiger partial charge in [-0.1, -0.05) is 71.7 Å². The molecule has 0 saturated carbocycles. The molecule has 6 aromatic carbocycles. The number of carbonyl (C=O) groups excluding carboxylic acids is 9. The zero-order valence-electron chi connectivity index (χ0n) is 52.9. The number of halogens is 4. The van der Waals surface area contributed by atoms with Crippen molar-refractivity contribution in [3.8, 4) is 0 Å². The van der Waals surface area contributed by atoms with Gasteiger partial charge >= 0.3 is 6.09 Å². The molecule has 0 aliphatic carbocycles. The summed E-state index contributed by atoms with van der Waals surface area (Å²) in [6.45, 7) is 10.1. The van der Waals surface area contributed by atoms with Gasteiger partial charge in [0.1, 0.15) is 41.4 Å². The number of ether oxygens (including phenoxy) is 1.